The van der Waals surface area contributed by atoms with E-state index in [0.29, 0.717) is 25.0 Å². The van der Waals surface area contributed by atoms with E-state index in [2.05, 4.69) is 25.3 Å². The van der Waals surface area contributed by atoms with E-state index in [-0.39, 0.29) is 5.91 Å². The third kappa shape index (κ3) is 3.99. The van der Waals surface area contributed by atoms with Gasteiger partial charge in [-0.3, -0.25) is 4.79 Å². The molecular formula is C8H14N4O2. The Morgan fingerprint density at radius 2 is 2.43 bits per heavy atom. The number of hydrogen-bond donors (Lipinski definition) is 2. The summed E-state index contributed by atoms with van der Waals surface area (Å²) in [6.45, 7) is 4.56. The molecule has 0 saturated heterocycles. The van der Waals surface area contributed by atoms with Crippen molar-refractivity contribution >= 4 is 5.91 Å². The molecule has 0 unspecified atom stereocenters. The summed E-state index contributed by atoms with van der Waals surface area (Å²) in [6.07, 6.45) is 1.23. The minimum atomic E-state index is -0.0801. The van der Waals surface area contributed by atoms with Gasteiger partial charge in [0.2, 0.25) is 12.3 Å². The van der Waals surface area contributed by atoms with E-state index in [0.717, 1.165) is 0 Å². The summed E-state index contributed by atoms with van der Waals surface area (Å²) in [6, 6.07) is 0.297. The summed E-state index contributed by atoms with van der Waals surface area (Å²) in [5, 5.41) is 9.22. The number of carbonyl (C=O) groups is 1. The Hall–Kier alpha value is -1.43. The zero-order chi connectivity index (χ0) is 10.4. The fourth-order valence-electron chi connectivity index (χ4n) is 0.807. The second-order valence-electron chi connectivity index (χ2n) is 3.16. The first kappa shape index (κ1) is 10.6. The van der Waals surface area contributed by atoms with Crippen LogP contribution in [0.25, 0.3) is 0 Å². The molecule has 0 bridgehead atoms. The minimum absolute atomic E-state index is 0.0801. The van der Waals surface area contributed by atoms with Crippen molar-refractivity contribution < 1.29 is 9.32 Å². The highest BCUT2D eigenvalue weighted by atomic mass is 16.5. The van der Waals surface area contributed by atoms with E-state index < -0.39 is 0 Å². The van der Waals surface area contributed by atoms with Crippen molar-refractivity contribution in [2.24, 2.45) is 0 Å². The summed E-state index contributed by atoms with van der Waals surface area (Å²) in [5.41, 5.74) is 0. The van der Waals surface area contributed by atoms with Gasteiger partial charge < -0.3 is 15.2 Å². The summed E-state index contributed by atoms with van der Waals surface area (Å²) in [7, 11) is 0. The van der Waals surface area contributed by atoms with Gasteiger partial charge in [0, 0.05) is 6.04 Å². The molecule has 6 heteroatoms. The van der Waals surface area contributed by atoms with Crippen LogP contribution in [0.1, 0.15) is 19.7 Å². The second kappa shape index (κ2) is 5.33. The van der Waals surface area contributed by atoms with Gasteiger partial charge in [-0.1, -0.05) is 19.0 Å². The molecule has 1 amide bonds. The van der Waals surface area contributed by atoms with Crippen LogP contribution in [0.4, 0.5) is 0 Å². The van der Waals surface area contributed by atoms with Crippen molar-refractivity contribution in [3.8, 4) is 0 Å². The fourth-order valence-corrected chi connectivity index (χ4v) is 0.807. The summed E-state index contributed by atoms with van der Waals surface area (Å²) >= 11 is 0. The van der Waals surface area contributed by atoms with Gasteiger partial charge >= 0.3 is 0 Å². The highest BCUT2D eigenvalue weighted by molar-refractivity contribution is 5.77. The molecule has 0 aliphatic carbocycles. The van der Waals surface area contributed by atoms with E-state index in [9.17, 15) is 4.79 Å². The highest BCUT2D eigenvalue weighted by Crippen LogP contribution is 1.86. The third-order valence-corrected chi connectivity index (χ3v) is 1.52. The van der Waals surface area contributed by atoms with Gasteiger partial charge in [-0.15, -0.1) is 0 Å². The number of rotatable bonds is 5. The van der Waals surface area contributed by atoms with Crippen molar-refractivity contribution in [3.63, 3.8) is 0 Å². The van der Waals surface area contributed by atoms with Crippen LogP contribution in [0.5, 0.6) is 0 Å². The van der Waals surface area contributed by atoms with Crippen molar-refractivity contribution in [2.45, 2.75) is 26.4 Å². The maximum Gasteiger partial charge on any atom is 0.234 e. The van der Waals surface area contributed by atoms with Crippen molar-refractivity contribution in [1.29, 1.82) is 0 Å². The lowest BCUT2D eigenvalue weighted by molar-refractivity contribution is -0.120. The Morgan fingerprint density at radius 1 is 1.64 bits per heavy atom. The predicted molar refractivity (Wildman–Crippen MR) is 49.3 cm³/mol. The van der Waals surface area contributed by atoms with E-state index >= 15 is 0 Å². The first-order chi connectivity index (χ1) is 6.68. The molecule has 0 saturated carbocycles. The molecule has 1 heterocycles. The molecule has 0 aliphatic heterocycles. The molecule has 2 N–H and O–H groups in total. The first-order valence-electron chi connectivity index (χ1n) is 4.44. The minimum Gasteiger partial charge on any atom is -0.348 e. The Bertz CT molecular complexity index is 271. The maximum atomic E-state index is 11.2. The molecule has 0 aliphatic rings. The van der Waals surface area contributed by atoms with Crippen molar-refractivity contribution in [3.05, 3.63) is 12.2 Å². The highest BCUT2D eigenvalue weighted by Gasteiger charge is 2.03. The van der Waals surface area contributed by atoms with Crippen LogP contribution < -0.4 is 10.6 Å². The van der Waals surface area contributed by atoms with Crippen LogP contribution in [0, 0.1) is 0 Å². The van der Waals surface area contributed by atoms with E-state index in [1.165, 1.54) is 6.39 Å². The monoisotopic (exact) mass is 198 g/mol. The lowest BCUT2D eigenvalue weighted by Gasteiger charge is -2.07. The lowest BCUT2D eigenvalue weighted by Crippen LogP contribution is -2.36. The summed E-state index contributed by atoms with van der Waals surface area (Å²) < 4.78 is 4.52. The summed E-state index contributed by atoms with van der Waals surface area (Å²) in [5.74, 6) is 0.395. The Labute approximate surface area is 82.1 Å². The molecule has 14 heavy (non-hydrogen) atoms. The van der Waals surface area contributed by atoms with Crippen molar-refractivity contribution in [2.75, 3.05) is 6.54 Å². The second-order valence-corrected chi connectivity index (χ2v) is 3.16. The first-order valence-corrected chi connectivity index (χ1v) is 4.44. The third-order valence-electron chi connectivity index (χ3n) is 1.52. The summed E-state index contributed by atoms with van der Waals surface area (Å²) in [4.78, 5) is 15.0. The molecule has 0 aromatic carbocycles. The van der Waals surface area contributed by atoms with Crippen LogP contribution >= 0.6 is 0 Å². The number of nitrogens with one attached hydrogen (secondary N) is 2. The van der Waals surface area contributed by atoms with E-state index in [1.807, 2.05) is 13.8 Å². The molecular weight excluding hydrogens is 184 g/mol. The van der Waals surface area contributed by atoms with E-state index in [4.69, 9.17) is 0 Å². The van der Waals surface area contributed by atoms with Crippen LogP contribution in [-0.4, -0.2) is 28.6 Å². The quantitative estimate of drug-likeness (QED) is 0.678. The molecule has 6 nitrogen and oxygen atoms in total. The normalized spacial score (nSPS) is 10.5. The van der Waals surface area contributed by atoms with Gasteiger partial charge in [0.15, 0.2) is 5.82 Å². The molecule has 1 aromatic heterocycles. The molecule has 0 atom stereocenters. The largest absolute Gasteiger partial charge is 0.348 e. The topological polar surface area (TPSA) is 80.0 Å². The number of hydrogen-bond acceptors (Lipinski definition) is 5. The van der Waals surface area contributed by atoms with Crippen LogP contribution in [0.3, 0.4) is 0 Å². The molecule has 0 radical (unpaired) electrons. The fraction of sp³-hybridized carbons (Fsp3) is 0.625. The number of aromatic nitrogens is 2. The average Bonchev–Trinajstić information content (AvgIpc) is 2.63. The van der Waals surface area contributed by atoms with Gasteiger partial charge in [-0.2, -0.15) is 4.98 Å². The SMILES string of the molecule is CC(C)NCC(=O)NCc1ncon1. The lowest BCUT2D eigenvalue weighted by atomic mass is 10.4. The Kier molecular flexibility index (Phi) is 4.06. The molecule has 1 rings (SSSR count). The van der Waals surface area contributed by atoms with Gasteiger partial charge in [-0.05, 0) is 0 Å². The van der Waals surface area contributed by atoms with Crippen LogP contribution in [-0.2, 0) is 11.3 Å². The zero-order valence-electron chi connectivity index (χ0n) is 8.28. The molecule has 0 spiro atoms. The number of carbonyl (C=O) groups excluding carboxylic acids is 1. The van der Waals surface area contributed by atoms with Crippen LogP contribution in [0.2, 0.25) is 0 Å². The maximum absolute atomic E-state index is 11.2. The van der Waals surface area contributed by atoms with Gasteiger partial charge in [0.05, 0.1) is 13.1 Å². The van der Waals surface area contributed by atoms with E-state index in [1.54, 1.807) is 0 Å². The Morgan fingerprint density at radius 3 is 3.00 bits per heavy atom. The van der Waals surface area contributed by atoms with Gasteiger partial charge in [-0.25, -0.2) is 0 Å². The standard InChI is InChI=1S/C8H14N4O2/c1-6(2)9-4-8(13)10-3-7-11-5-14-12-7/h5-6,9H,3-4H2,1-2H3,(H,10,13). The average molecular weight is 198 g/mol. The number of nitrogens with zero attached hydrogens (tertiary/aromatic N) is 2. The smallest absolute Gasteiger partial charge is 0.234 e. The van der Waals surface area contributed by atoms with Crippen LogP contribution in [0.15, 0.2) is 10.9 Å². The van der Waals surface area contributed by atoms with Gasteiger partial charge in [0.25, 0.3) is 0 Å². The zero-order valence-corrected chi connectivity index (χ0v) is 8.28. The molecule has 78 valence electrons. The number of amides is 1. The Balaban J connectivity index is 2.15. The molecule has 0 fully saturated rings. The van der Waals surface area contributed by atoms with Gasteiger partial charge in [0.1, 0.15) is 0 Å². The predicted octanol–water partition coefficient (Wildman–Crippen LogP) is -0.316. The molecule has 1 aromatic rings. The van der Waals surface area contributed by atoms with Crippen molar-refractivity contribution in [1.82, 2.24) is 20.8 Å².